The van der Waals surface area contributed by atoms with Crippen molar-refractivity contribution in [3.05, 3.63) is 68.5 Å². The lowest BCUT2D eigenvalue weighted by Crippen LogP contribution is -2.49. The monoisotopic (exact) mass is 686 g/mol. The van der Waals surface area contributed by atoms with Gasteiger partial charge in [0.2, 0.25) is 0 Å². The maximum atomic E-state index is 14.4. The van der Waals surface area contributed by atoms with Gasteiger partial charge < -0.3 is 18.3 Å². The van der Waals surface area contributed by atoms with Gasteiger partial charge >= 0.3 is 21.4 Å². The summed E-state index contributed by atoms with van der Waals surface area (Å²) in [4.78, 5) is 19.2. The summed E-state index contributed by atoms with van der Waals surface area (Å²) in [5.74, 6) is 0.840. The van der Waals surface area contributed by atoms with Crippen LogP contribution in [0.25, 0.3) is 38.8 Å². The molecule has 10 nitrogen and oxygen atoms in total. The predicted octanol–water partition coefficient (Wildman–Crippen LogP) is 5.19. The highest BCUT2D eigenvalue weighted by Crippen LogP contribution is 2.63. The summed E-state index contributed by atoms with van der Waals surface area (Å²) in [5, 5.41) is 10.2. The average molecular weight is 686 g/mol. The van der Waals surface area contributed by atoms with Crippen molar-refractivity contribution in [1.29, 1.82) is 0 Å². The van der Waals surface area contributed by atoms with E-state index >= 15 is 0 Å². The summed E-state index contributed by atoms with van der Waals surface area (Å²) in [5.41, 5.74) is 5.51. The lowest BCUT2D eigenvalue weighted by Gasteiger charge is -2.31. The molecule has 1 aromatic carbocycles. The third-order valence-corrected chi connectivity index (χ3v) is 9.99. The third kappa shape index (κ3) is 4.77. The van der Waals surface area contributed by atoms with E-state index in [1.807, 2.05) is 57.4 Å². The minimum absolute atomic E-state index is 0.149. The van der Waals surface area contributed by atoms with E-state index in [1.165, 1.54) is 17.5 Å². The Labute approximate surface area is 263 Å². The van der Waals surface area contributed by atoms with Crippen LogP contribution in [0.4, 0.5) is 0 Å². The SMILES string of the molecule is CB1OB(C)OB(C2(C)CC2Cn2cc(I)c3nn(-c4ccc5nn(C)cc5c4)c(=O)c(-c4ccc(C5CC5)nc4)c32)O1. The molecule has 3 fully saturated rings. The number of halogens is 1. The first kappa shape index (κ1) is 27.6. The van der Waals surface area contributed by atoms with E-state index < -0.39 is 0 Å². The summed E-state index contributed by atoms with van der Waals surface area (Å²) in [6.45, 7) is 6.75. The maximum absolute atomic E-state index is 14.4. The van der Waals surface area contributed by atoms with Gasteiger partial charge in [-0.05, 0) is 85.7 Å². The number of hydrogen-bond donors (Lipinski definition) is 0. The smallest absolute Gasteiger partial charge is 0.436 e. The number of nitrogens with zero attached hydrogens (tertiary/aromatic N) is 6. The van der Waals surface area contributed by atoms with Gasteiger partial charge in [0.1, 0.15) is 5.52 Å². The number of fused-ring (bicyclic) bond motifs is 2. The number of rotatable bonds is 6. The fourth-order valence-corrected chi connectivity index (χ4v) is 7.24. The molecule has 2 unspecified atom stereocenters. The van der Waals surface area contributed by atoms with Crippen molar-refractivity contribution < 1.29 is 13.7 Å². The first-order chi connectivity index (χ1) is 20.7. The fourth-order valence-electron chi connectivity index (χ4n) is 6.54. The Morgan fingerprint density at radius 2 is 1.86 bits per heavy atom. The van der Waals surface area contributed by atoms with Gasteiger partial charge in [-0.2, -0.15) is 14.9 Å². The summed E-state index contributed by atoms with van der Waals surface area (Å²) in [6, 6.07) is 9.92. The molecule has 0 radical (unpaired) electrons. The van der Waals surface area contributed by atoms with E-state index in [0.29, 0.717) is 23.1 Å². The zero-order valence-electron chi connectivity index (χ0n) is 24.5. The molecular weight excluding hydrogens is 656 g/mol. The van der Waals surface area contributed by atoms with Crippen LogP contribution in [0.3, 0.4) is 0 Å². The lowest BCUT2D eigenvalue weighted by molar-refractivity contribution is 0.275. The van der Waals surface area contributed by atoms with Crippen molar-refractivity contribution >= 4 is 65.9 Å². The second kappa shape index (κ2) is 10.0. The molecule has 3 aliphatic rings. The Hall–Kier alpha value is -2.94. The fraction of sp³-hybridized carbons (Fsp3) is 0.379. The molecule has 1 aliphatic heterocycles. The molecule has 8 rings (SSSR count). The van der Waals surface area contributed by atoms with E-state index in [0.717, 1.165) is 49.7 Å². The minimum Gasteiger partial charge on any atom is -0.453 e. The molecule has 216 valence electrons. The average Bonchev–Trinajstić information content (AvgIpc) is 3.86. The van der Waals surface area contributed by atoms with E-state index in [1.54, 1.807) is 4.68 Å². The molecule has 2 atom stereocenters. The molecule has 0 bridgehead atoms. The van der Waals surface area contributed by atoms with Crippen molar-refractivity contribution in [2.24, 2.45) is 13.0 Å². The van der Waals surface area contributed by atoms with Gasteiger partial charge in [0, 0.05) is 60.1 Å². The first-order valence-electron chi connectivity index (χ1n) is 14.9. The van der Waals surface area contributed by atoms with E-state index in [2.05, 4.69) is 51.4 Å². The molecule has 0 N–H and O–H groups in total. The summed E-state index contributed by atoms with van der Waals surface area (Å²) < 4.78 is 24.2. The number of aryl methyl sites for hydroxylation is 1. The molecule has 5 heterocycles. The van der Waals surface area contributed by atoms with Gasteiger partial charge in [-0.1, -0.05) is 13.0 Å². The molecular formula is C29H30B3IN6O4. The van der Waals surface area contributed by atoms with E-state index in [9.17, 15) is 4.79 Å². The second-order valence-electron chi connectivity index (χ2n) is 12.5. The van der Waals surface area contributed by atoms with Gasteiger partial charge in [-0.3, -0.25) is 14.5 Å². The van der Waals surface area contributed by atoms with Gasteiger partial charge in [0.15, 0.2) is 0 Å². The van der Waals surface area contributed by atoms with Crippen LogP contribution in [0.15, 0.2) is 53.7 Å². The topological polar surface area (TPSA) is 98.2 Å². The van der Waals surface area contributed by atoms with Crippen LogP contribution in [-0.2, 0) is 27.3 Å². The Bertz CT molecular complexity index is 1950. The highest BCUT2D eigenvalue weighted by Gasteiger charge is 2.62. The highest BCUT2D eigenvalue weighted by molar-refractivity contribution is 14.1. The minimum atomic E-state index is -0.339. The van der Waals surface area contributed by atoms with Crippen molar-refractivity contribution in [1.82, 2.24) is 29.1 Å². The highest BCUT2D eigenvalue weighted by atomic mass is 127. The molecule has 0 spiro atoms. The van der Waals surface area contributed by atoms with E-state index in [4.69, 9.17) is 23.8 Å². The molecule has 4 aromatic heterocycles. The predicted molar refractivity (Wildman–Crippen MR) is 176 cm³/mol. The van der Waals surface area contributed by atoms with Crippen LogP contribution in [0, 0.1) is 9.49 Å². The van der Waals surface area contributed by atoms with Crippen molar-refractivity contribution in [2.45, 2.75) is 57.6 Å². The third-order valence-electron chi connectivity index (χ3n) is 9.20. The molecule has 14 heteroatoms. The number of pyridine rings is 1. The van der Waals surface area contributed by atoms with Gasteiger partial charge in [-0.15, -0.1) is 0 Å². The van der Waals surface area contributed by atoms with Crippen LogP contribution in [-0.4, -0.2) is 50.5 Å². The molecule has 43 heavy (non-hydrogen) atoms. The molecule has 0 amide bonds. The van der Waals surface area contributed by atoms with Crippen molar-refractivity contribution in [3.8, 4) is 16.8 Å². The molecule has 2 aliphatic carbocycles. The zero-order chi connectivity index (χ0) is 29.6. The number of benzene rings is 1. The first-order valence-corrected chi connectivity index (χ1v) is 15.9. The van der Waals surface area contributed by atoms with Crippen LogP contribution >= 0.6 is 22.6 Å². The van der Waals surface area contributed by atoms with Crippen molar-refractivity contribution in [3.63, 3.8) is 0 Å². The lowest BCUT2D eigenvalue weighted by atomic mass is 9.61. The summed E-state index contributed by atoms with van der Waals surface area (Å²) in [7, 11) is 0.927. The molecule has 2 saturated carbocycles. The molecule has 5 aromatic rings. The zero-order valence-corrected chi connectivity index (χ0v) is 26.7. The standard InChI is InChI=1S/C29H30B3IN6O4/c1-29(32-42-30(2)41-31(3)43-32)12-20(29)15-38-16-22(33)26-27(38)25(18-7-9-23(34-13-18)17-5-6-17)28(40)39(36-26)21-8-10-24-19(11-21)14-37(4)35-24/h7-11,13-14,16-17,20H,5-6,12,15H2,1-4H3. The van der Waals surface area contributed by atoms with E-state index in [-0.39, 0.29) is 32.2 Å². The Balaban J connectivity index is 1.25. The van der Waals surface area contributed by atoms with Crippen LogP contribution in [0.1, 0.15) is 37.8 Å². The van der Waals surface area contributed by atoms with Crippen molar-refractivity contribution in [2.75, 3.05) is 0 Å². The van der Waals surface area contributed by atoms with Gasteiger partial charge in [0.25, 0.3) is 5.56 Å². The van der Waals surface area contributed by atoms with Crippen LogP contribution in [0.5, 0.6) is 0 Å². The number of aromatic nitrogens is 6. The Morgan fingerprint density at radius 1 is 1.07 bits per heavy atom. The van der Waals surface area contributed by atoms with Crippen LogP contribution in [0.2, 0.25) is 19.0 Å². The Morgan fingerprint density at radius 3 is 2.58 bits per heavy atom. The Kier molecular flexibility index (Phi) is 6.45. The van der Waals surface area contributed by atoms with Gasteiger partial charge in [0.05, 0.1) is 25.9 Å². The summed E-state index contributed by atoms with van der Waals surface area (Å²) >= 11 is 2.33. The quantitative estimate of drug-likeness (QED) is 0.179. The second-order valence-corrected chi connectivity index (χ2v) is 13.7. The van der Waals surface area contributed by atoms with Crippen LogP contribution < -0.4 is 5.56 Å². The molecule has 1 saturated heterocycles. The number of hydrogen-bond acceptors (Lipinski definition) is 7. The normalized spacial score (nSPS) is 22.3. The summed E-state index contributed by atoms with van der Waals surface area (Å²) in [6.07, 6.45) is 9.22. The largest absolute Gasteiger partial charge is 0.453 e. The van der Waals surface area contributed by atoms with Gasteiger partial charge in [-0.25, -0.2) is 0 Å². The maximum Gasteiger partial charge on any atom is 0.436 e.